The topological polar surface area (TPSA) is 51.0 Å². The molecule has 0 aliphatic carbocycles. The Morgan fingerprint density at radius 3 is 2.76 bits per heavy atom. The van der Waals surface area contributed by atoms with Gasteiger partial charge in [-0.1, -0.05) is 19.9 Å². The van der Waals surface area contributed by atoms with E-state index in [1.54, 1.807) is 0 Å². The zero-order valence-corrected chi connectivity index (χ0v) is 10.2. The highest BCUT2D eigenvalue weighted by atomic mass is 16.4. The van der Waals surface area contributed by atoms with Crippen LogP contribution in [0.1, 0.15) is 26.7 Å². The zero-order chi connectivity index (χ0) is 12.1. The average molecular weight is 231 g/mol. The first-order valence-electron chi connectivity index (χ1n) is 5.96. The normalized spacial score (nSPS) is 10.8. The fraction of sp³-hybridized carbons (Fsp3) is 0.385. The second-order valence-corrected chi connectivity index (χ2v) is 3.98. The number of benzene rings is 1. The van der Waals surface area contributed by atoms with Gasteiger partial charge in [0, 0.05) is 17.3 Å². The highest BCUT2D eigenvalue weighted by molar-refractivity contribution is 5.61. The minimum absolute atomic E-state index is 0.507. The van der Waals surface area contributed by atoms with E-state index in [2.05, 4.69) is 35.4 Å². The monoisotopic (exact) mass is 231 g/mol. The lowest BCUT2D eigenvalue weighted by atomic mass is 10.1. The van der Waals surface area contributed by atoms with Crippen molar-refractivity contribution in [2.45, 2.75) is 32.7 Å². The van der Waals surface area contributed by atoms with E-state index in [0.29, 0.717) is 11.9 Å². The molecule has 0 unspecified atom stereocenters. The lowest BCUT2D eigenvalue weighted by Crippen LogP contribution is -2.16. The van der Waals surface area contributed by atoms with E-state index in [-0.39, 0.29) is 0 Å². The van der Waals surface area contributed by atoms with E-state index in [9.17, 15) is 0 Å². The largest absolute Gasteiger partial charge is 0.423 e. The third-order valence-corrected chi connectivity index (χ3v) is 2.83. The van der Waals surface area contributed by atoms with Gasteiger partial charge in [-0.15, -0.1) is 10.2 Å². The molecule has 0 saturated carbocycles. The molecular formula is C13H17N3O. The van der Waals surface area contributed by atoms with Crippen molar-refractivity contribution in [3.8, 4) is 11.5 Å². The molecule has 4 nitrogen and oxygen atoms in total. The third kappa shape index (κ3) is 2.84. The predicted octanol–water partition coefficient (Wildman–Crippen LogP) is 3.34. The van der Waals surface area contributed by atoms with Crippen LogP contribution in [-0.2, 0) is 0 Å². The molecule has 90 valence electrons. The molecule has 0 amide bonds. The third-order valence-electron chi connectivity index (χ3n) is 2.83. The molecule has 0 atom stereocenters. The van der Waals surface area contributed by atoms with Gasteiger partial charge in [0.1, 0.15) is 0 Å². The molecule has 1 aromatic carbocycles. The maximum atomic E-state index is 5.18. The van der Waals surface area contributed by atoms with Gasteiger partial charge >= 0.3 is 0 Å². The molecule has 0 radical (unpaired) electrons. The first-order valence-corrected chi connectivity index (χ1v) is 5.96. The quantitative estimate of drug-likeness (QED) is 0.857. The lowest BCUT2D eigenvalue weighted by Gasteiger charge is -2.16. The SMILES string of the molecule is CCC(CC)Nc1cccc(-c2nnco2)c1. The van der Waals surface area contributed by atoms with Gasteiger partial charge in [0.25, 0.3) is 0 Å². The molecule has 17 heavy (non-hydrogen) atoms. The smallest absolute Gasteiger partial charge is 0.247 e. The van der Waals surface area contributed by atoms with Crippen LogP contribution in [0.2, 0.25) is 0 Å². The summed E-state index contributed by atoms with van der Waals surface area (Å²) in [7, 11) is 0. The fourth-order valence-electron chi connectivity index (χ4n) is 1.77. The number of anilines is 1. The van der Waals surface area contributed by atoms with Gasteiger partial charge in [-0.25, -0.2) is 0 Å². The second kappa shape index (κ2) is 5.48. The average Bonchev–Trinajstić information content (AvgIpc) is 2.90. The van der Waals surface area contributed by atoms with E-state index in [0.717, 1.165) is 24.1 Å². The standard InChI is InChI=1S/C13H17N3O/c1-3-11(4-2)15-12-7-5-6-10(8-12)13-16-14-9-17-13/h5-9,11,15H,3-4H2,1-2H3. The summed E-state index contributed by atoms with van der Waals surface area (Å²) >= 11 is 0. The van der Waals surface area contributed by atoms with Crippen molar-refractivity contribution < 1.29 is 4.42 Å². The van der Waals surface area contributed by atoms with Crippen LogP contribution < -0.4 is 5.32 Å². The summed E-state index contributed by atoms with van der Waals surface area (Å²) in [5, 5.41) is 11.1. The highest BCUT2D eigenvalue weighted by Gasteiger charge is 2.06. The summed E-state index contributed by atoms with van der Waals surface area (Å²) in [4.78, 5) is 0. The van der Waals surface area contributed by atoms with Crippen LogP contribution >= 0.6 is 0 Å². The molecule has 0 saturated heterocycles. The van der Waals surface area contributed by atoms with Crippen LogP contribution in [0.15, 0.2) is 35.1 Å². The van der Waals surface area contributed by atoms with Crippen LogP contribution in [-0.4, -0.2) is 16.2 Å². The van der Waals surface area contributed by atoms with Gasteiger partial charge in [-0.3, -0.25) is 0 Å². The number of hydrogen-bond acceptors (Lipinski definition) is 4. The van der Waals surface area contributed by atoms with E-state index < -0.39 is 0 Å². The maximum absolute atomic E-state index is 5.18. The van der Waals surface area contributed by atoms with Crippen LogP contribution in [0.25, 0.3) is 11.5 Å². The predicted molar refractivity (Wildman–Crippen MR) is 67.7 cm³/mol. The summed E-state index contributed by atoms with van der Waals surface area (Å²) in [6, 6.07) is 8.55. The summed E-state index contributed by atoms with van der Waals surface area (Å²) in [6.07, 6.45) is 3.57. The maximum Gasteiger partial charge on any atom is 0.247 e. The van der Waals surface area contributed by atoms with Gasteiger partial charge in [0.05, 0.1) is 0 Å². The molecule has 0 aliphatic rings. The van der Waals surface area contributed by atoms with Gasteiger partial charge in [-0.2, -0.15) is 0 Å². The van der Waals surface area contributed by atoms with Crippen molar-refractivity contribution in [1.29, 1.82) is 0 Å². The zero-order valence-electron chi connectivity index (χ0n) is 10.2. The van der Waals surface area contributed by atoms with E-state index >= 15 is 0 Å². The van der Waals surface area contributed by atoms with Gasteiger partial charge < -0.3 is 9.73 Å². The Morgan fingerprint density at radius 2 is 2.12 bits per heavy atom. The Kier molecular flexibility index (Phi) is 3.75. The summed E-state index contributed by atoms with van der Waals surface area (Å²) in [5.41, 5.74) is 2.04. The van der Waals surface area contributed by atoms with Crippen LogP contribution in [0, 0.1) is 0 Å². The van der Waals surface area contributed by atoms with Crippen molar-refractivity contribution >= 4 is 5.69 Å². The Morgan fingerprint density at radius 1 is 1.29 bits per heavy atom. The first kappa shape index (κ1) is 11.6. The van der Waals surface area contributed by atoms with Gasteiger partial charge in [-0.05, 0) is 31.0 Å². The van der Waals surface area contributed by atoms with Crippen LogP contribution in [0.4, 0.5) is 5.69 Å². The van der Waals surface area contributed by atoms with E-state index in [4.69, 9.17) is 4.42 Å². The molecule has 0 fully saturated rings. The van der Waals surface area contributed by atoms with Crippen molar-refractivity contribution in [2.24, 2.45) is 0 Å². The number of nitrogens with zero attached hydrogens (tertiary/aromatic N) is 2. The Balaban J connectivity index is 2.17. The van der Waals surface area contributed by atoms with Crippen molar-refractivity contribution in [2.75, 3.05) is 5.32 Å². The lowest BCUT2D eigenvalue weighted by molar-refractivity contribution is 0.568. The minimum Gasteiger partial charge on any atom is -0.423 e. The molecule has 0 aliphatic heterocycles. The molecule has 1 heterocycles. The fourth-order valence-corrected chi connectivity index (χ4v) is 1.77. The number of rotatable bonds is 5. The molecular weight excluding hydrogens is 214 g/mol. The molecule has 1 aromatic heterocycles. The molecule has 2 aromatic rings. The van der Waals surface area contributed by atoms with Gasteiger partial charge in [0.2, 0.25) is 12.3 Å². The molecule has 1 N–H and O–H groups in total. The van der Waals surface area contributed by atoms with E-state index in [1.807, 2.05) is 18.2 Å². The Hall–Kier alpha value is -1.84. The summed E-state index contributed by atoms with van der Waals surface area (Å²) in [5.74, 6) is 0.554. The minimum atomic E-state index is 0.507. The van der Waals surface area contributed by atoms with Crippen molar-refractivity contribution in [3.05, 3.63) is 30.7 Å². The number of hydrogen-bond donors (Lipinski definition) is 1. The molecule has 2 rings (SSSR count). The highest BCUT2D eigenvalue weighted by Crippen LogP contribution is 2.21. The molecule has 0 spiro atoms. The Labute approximate surface area is 101 Å². The Bertz CT molecular complexity index is 449. The number of aromatic nitrogens is 2. The number of nitrogens with one attached hydrogen (secondary N) is 1. The first-order chi connectivity index (χ1) is 8.33. The second-order valence-electron chi connectivity index (χ2n) is 3.98. The van der Waals surface area contributed by atoms with E-state index in [1.165, 1.54) is 6.39 Å². The van der Waals surface area contributed by atoms with Gasteiger partial charge in [0.15, 0.2) is 0 Å². The van der Waals surface area contributed by atoms with Crippen molar-refractivity contribution in [1.82, 2.24) is 10.2 Å². The van der Waals surface area contributed by atoms with Crippen LogP contribution in [0.5, 0.6) is 0 Å². The summed E-state index contributed by atoms with van der Waals surface area (Å²) in [6.45, 7) is 4.37. The molecule has 4 heteroatoms. The van der Waals surface area contributed by atoms with Crippen molar-refractivity contribution in [3.63, 3.8) is 0 Å². The summed E-state index contributed by atoms with van der Waals surface area (Å²) < 4.78 is 5.18. The molecule has 0 bridgehead atoms. The van der Waals surface area contributed by atoms with Crippen LogP contribution in [0.3, 0.4) is 0 Å².